The molecule has 0 aliphatic heterocycles. The molecule has 0 bridgehead atoms. The maximum absolute atomic E-state index is 13.0. The van der Waals surface area contributed by atoms with E-state index < -0.39 is 0 Å². The highest BCUT2D eigenvalue weighted by molar-refractivity contribution is 5.75. The molecule has 1 N–H and O–H groups in total. The van der Waals surface area contributed by atoms with Gasteiger partial charge in [0.1, 0.15) is 12.4 Å². The standard InChI is InChI=1S/C19H18FN5O3/c1-13-8-18(27)25(11-22-13)10-17(26)21-6-7-24-12-23-16(9-19(24)28)14-2-4-15(20)5-3-14/h2-5,8-9,11-12H,6-7,10H2,1H3,(H,21,26). The van der Waals surface area contributed by atoms with E-state index in [9.17, 15) is 18.8 Å². The van der Waals surface area contributed by atoms with Gasteiger partial charge in [0.15, 0.2) is 0 Å². The van der Waals surface area contributed by atoms with Gasteiger partial charge >= 0.3 is 0 Å². The van der Waals surface area contributed by atoms with Crippen LogP contribution in [0.25, 0.3) is 11.3 Å². The van der Waals surface area contributed by atoms with Gasteiger partial charge in [-0.25, -0.2) is 14.4 Å². The maximum atomic E-state index is 13.0. The first-order valence-electron chi connectivity index (χ1n) is 8.54. The van der Waals surface area contributed by atoms with Crippen LogP contribution in [0, 0.1) is 12.7 Å². The van der Waals surface area contributed by atoms with Crippen LogP contribution in [-0.2, 0) is 17.9 Å². The van der Waals surface area contributed by atoms with Crippen LogP contribution in [0.15, 0.2) is 58.6 Å². The monoisotopic (exact) mass is 383 g/mol. The number of hydrogen-bond acceptors (Lipinski definition) is 5. The number of carbonyl (C=O) groups excluding carboxylic acids is 1. The molecule has 0 aliphatic rings. The van der Waals surface area contributed by atoms with E-state index in [4.69, 9.17) is 0 Å². The number of aromatic nitrogens is 4. The van der Waals surface area contributed by atoms with E-state index in [0.29, 0.717) is 17.0 Å². The number of hydrogen-bond donors (Lipinski definition) is 1. The lowest BCUT2D eigenvalue weighted by Gasteiger charge is -2.09. The van der Waals surface area contributed by atoms with Crippen molar-refractivity contribution in [3.8, 4) is 11.3 Å². The SMILES string of the molecule is Cc1cc(=O)n(CC(=O)NCCn2cnc(-c3ccc(F)cc3)cc2=O)cn1. The molecule has 144 valence electrons. The molecule has 0 spiro atoms. The highest BCUT2D eigenvalue weighted by Crippen LogP contribution is 2.14. The number of aryl methyl sites for hydroxylation is 1. The summed E-state index contributed by atoms with van der Waals surface area (Å²) >= 11 is 0. The molecule has 2 aromatic heterocycles. The Morgan fingerprint density at radius 1 is 1.04 bits per heavy atom. The zero-order valence-corrected chi connectivity index (χ0v) is 15.1. The first-order valence-corrected chi connectivity index (χ1v) is 8.54. The Labute approximate surface area is 159 Å². The van der Waals surface area contributed by atoms with Crippen LogP contribution in [0.2, 0.25) is 0 Å². The van der Waals surface area contributed by atoms with Crippen molar-refractivity contribution < 1.29 is 9.18 Å². The lowest BCUT2D eigenvalue weighted by molar-refractivity contribution is -0.121. The molecule has 0 saturated carbocycles. The molecule has 0 radical (unpaired) electrons. The average Bonchev–Trinajstić information content (AvgIpc) is 2.66. The zero-order chi connectivity index (χ0) is 20.1. The van der Waals surface area contributed by atoms with E-state index in [1.165, 1.54) is 46.1 Å². The van der Waals surface area contributed by atoms with Gasteiger partial charge in [0.05, 0.1) is 18.3 Å². The highest BCUT2D eigenvalue weighted by atomic mass is 19.1. The molecular formula is C19H18FN5O3. The van der Waals surface area contributed by atoms with Gasteiger partial charge in [0.25, 0.3) is 11.1 Å². The Morgan fingerprint density at radius 2 is 1.71 bits per heavy atom. The minimum absolute atomic E-state index is 0.150. The van der Waals surface area contributed by atoms with Crippen molar-refractivity contribution in [3.05, 3.63) is 81.3 Å². The molecule has 2 heterocycles. The van der Waals surface area contributed by atoms with E-state index in [0.717, 1.165) is 0 Å². The van der Waals surface area contributed by atoms with Crippen LogP contribution < -0.4 is 16.4 Å². The minimum Gasteiger partial charge on any atom is -0.353 e. The van der Waals surface area contributed by atoms with Crippen molar-refractivity contribution in [2.75, 3.05) is 6.54 Å². The van der Waals surface area contributed by atoms with Crippen molar-refractivity contribution in [2.24, 2.45) is 0 Å². The van der Waals surface area contributed by atoms with Crippen LogP contribution in [0.3, 0.4) is 0 Å². The summed E-state index contributed by atoms with van der Waals surface area (Å²) in [5.74, 6) is -0.729. The summed E-state index contributed by atoms with van der Waals surface area (Å²) in [6.07, 6.45) is 2.70. The minimum atomic E-state index is -0.364. The van der Waals surface area contributed by atoms with Crippen LogP contribution in [0.4, 0.5) is 4.39 Å². The molecule has 0 saturated heterocycles. The first-order chi connectivity index (χ1) is 13.4. The lowest BCUT2D eigenvalue weighted by atomic mass is 10.1. The van der Waals surface area contributed by atoms with Gasteiger partial charge in [0.2, 0.25) is 5.91 Å². The van der Waals surface area contributed by atoms with E-state index in [1.54, 1.807) is 19.1 Å². The molecule has 1 aromatic carbocycles. The summed E-state index contributed by atoms with van der Waals surface area (Å²) in [6.45, 7) is 1.97. The molecule has 0 unspecified atom stereocenters. The van der Waals surface area contributed by atoms with Gasteiger partial charge in [-0.05, 0) is 31.2 Å². The van der Waals surface area contributed by atoms with E-state index in [1.807, 2.05) is 0 Å². The van der Waals surface area contributed by atoms with Gasteiger partial charge < -0.3 is 5.32 Å². The second-order valence-corrected chi connectivity index (χ2v) is 6.16. The second-order valence-electron chi connectivity index (χ2n) is 6.16. The molecular weight excluding hydrogens is 365 g/mol. The van der Waals surface area contributed by atoms with Crippen LogP contribution >= 0.6 is 0 Å². The van der Waals surface area contributed by atoms with Gasteiger partial charge in [-0.2, -0.15) is 0 Å². The van der Waals surface area contributed by atoms with Crippen molar-refractivity contribution in [3.63, 3.8) is 0 Å². The molecule has 9 heteroatoms. The summed E-state index contributed by atoms with van der Waals surface area (Å²) in [6, 6.07) is 8.39. The van der Waals surface area contributed by atoms with E-state index in [2.05, 4.69) is 15.3 Å². The zero-order valence-electron chi connectivity index (χ0n) is 15.1. The molecule has 0 fully saturated rings. The molecule has 3 rings (SSSR count). The van der Waals surface area contributed by atoms with E-state index in [-0.39, 0.29) is 42.5 Å². The normalized spacial score (nSPS) is 10.6. The first kappa shape index (κ1) is 19.2. The number of nitrogens with zero attached hydrogens (tertiary/aromatic N) is 4. The fraction of sp³-hybridized carbons (Fsp3) is 0.211. The van der Waals surface area contributed by atoms with Crippen molar-refractivity contribution >= 4 is 5.91 Å². The summed E-state index contributed by atoms with van der Waals surface area (Å²) in [7, 11) is 0. The number of carbonyl (C=O) groups is 1. The van der Waals surface area contributed by atoms with Crippen molar-refractivity contribution in [1.82, 2.24) is 24.4 Å². The Morgan fingerprint density at radius 3 is 2.39 bits per heavy atom. The largest absolute Gasteiger partial charge is 0.353 e. The topological polar surface area (TPSA) is 98.9 Å². The quantitative estimate of drug-likeness (QED) is 0.677. The van der Waals surface area contributed by atoms with Crippen LogP contribution in [0.1, 0.15) is 5.69 Å². The molecule has 1 amide bonds. The number of halogens is 1. The fourth-order valence-electron chi connectivity index (χ4n) is 2.53. The highest BCUT2D eigenvalue weighted by Gasteiger charge is 2.06. The van der Waals surface area contributed by atoms with Crippen LogP contribution in [-0.4, -0.2) is 31.6 Å². The summed E-state index contributed by atoms with van der Waals surface area (Å²) in [4.78, 5) is 44.1. The summed E-state index contributed by atoms with van der Waals surface area (Å²) < 4.78 is 15.5. The number of amides is 1. The molecule has 0 atom stereocenters. The molecule has 0 aliphatic carbocycles. The Hall–Kier alpha value is -3.62. The molecule has 28 heavy (non-hydrogen) atoms. The predicted molar refractivity (Wildman–Crippen MR) is 100 cm³/mol. The molecule has 3 aromatic rings. The number of nitrogens with one attached hydrogen (secondary N) is 1. The average molecular weight is 383 g/mol. The Balaban J connectivity index is 1.57. The third-order valence-electron chi connectivity index (χ3n) is 4.02. The number of benzene rings is 1. The van der Waals surface area contributed by atoms with Crippen molar-refractivity contribution in [1.29, 1.82) is 0 Å². The van der Waals surface area contributed by atoms with E-state index >= 15 is 0 Å². The van der Waals surface area contributed by atoms with Gasteiger partial charge in [-0.15, -0.1) is 0 Å². The second kappa shape index (κ2) is 8.38. The fourth-order valence-corrected chi connectivity index (χ4v) is 2.53. The third kappa shape index (κ3) is 4.76. The van der Waals surface area contributed by atoms with Crippen molar-refractivity contribution in [2.45, 2.75) is 20.0 Å². The van der Waals surface area contributed by atoms with Gasteiger partial charge in [-0.1, -0.05) is 0 Å². The summed E-state index contributed by atoms with van der Waals surface area (Å²) in [5, 5.41) is 2.65. The Kier molecular flexibility index (Phi) is 5.73. The summed E-state index contributed by atoms with van der Waals surface area (Å²) in [5.41, 5.74) is 1.06. The number of rotatable bonds is 6. The Bertz CT molecular complexity index is 1110. The maximum Gasteiger partial charge on any atom is 0.253 e. The smallest absolute Gasteiger partial charge is 0.253 e. The molecule has 8 nitrogen and oxygen atoms in total. The lowest BCUT2D eigenvalue weighted by Crippen LogP contribution is -2.35. The predicted octanol–water partition coefficient (Wildman–Crippen LogP) is 0.731. The van der Waals surface area contributed by atoms with Gasteiger partial charge in [0, 0.05) is 36.5 Å². The van der Waals surface area contributed by atoms with Crippen LogP contribution in [0.5, 0.6) is 0 Å². The third-order valence-corrected chi connectivity index (χ3v) is 4.02. The van der Waals surface area contributed by atoms with Gasteiger partial charge in [-0.3, -0.25) is 23.5 Å².